The minimum absolute atomic E-state index is 0.137. The van der Waals surface area contributed by atoms with Gasteiger partial charge >= 0.3 is 0 Å². The second-order valence-electron chi connectivity index (χ2n) is 6.03. The molecule has 23 heavy (non-hydrogen) atoms. The molecule has 2 heterocycles. The summed E-state index contributed by atoms with van der Waals surface area (Å²) >= 11 is 0. The number of carbonyl (C=O) groups excluding carboxylic acids is 1. The fourth-order valence-corrected chi connectivity index (χ4v) is 2.76. The molecule has 1 aromatic rings. The van der Waals surface area contributed by atoms with Gasteiger partial charge in [-0.3, -0.25) is 4.79 Å². The molecule has 0 bridgehead atoms. The maximum Gasteiger partial charge on any atom is 0.270 e. The first-order valence-corrected chi connectivity index (χ1v) is 8.64. The van der Waals surface area contributed by atoms with Crippen molar-refractivity contribution in [3.05, 3.63) is 17.5 Å². The Balaban J connectivity index is 2.06. The van der Waals surface area contributed by atoms with Gasteiger partial charge in [-0.25, -0.2) is 9.97 Å². The summed E-state index contributed by atoms with van der Waals surface area (Å²) in [4.78, 5) is 23.5. The van der Waals surface area contributed by atoms with Crippen molar-refractivity contribution in [2.24, 2.45) is 0 Å². The number of aryl methyl sites for hydroxylation is 1. The summed E-state index contributed by atoms with van der Waals surface area (Å²) in [5, 5.41) is 2.93. The molecule has 1 saturated heterocycles. The fraction of sp³-hybridized carbons (Fsp3) is 0.706. The Bertz CT molecular complexity index is 509. The third kappa shape index (κ3) is 5.16. The highest BCUT2D eigenvalue weighted by molar-refractivity contribution is 5.92. The van der Waals surface area contributed by atoms with Gasteiger partial charge in [-0.15, -0.1) is 0 Å². The molecule has 2 rings (SSSR count). The molecular formula is C17H28N4O2. The monoisotopic (exact) mass is 320 g/mol. The van der Waals surface area contributed by atoms with E-state index < -0.39 is 0 Å². The Morgan fingerprint density at radius 2 is 2.09 bits per heavy atom. The van der Waals surface area contributed by atoms with Crippen LogP contribution in [0.5, 0.6) is 0 Å². The first-order chi connectivity index (χ1) is 11.1. The molecule has 1 amide bonds. The van der Waals surface area contributed by atoms with E-state index in [-0.39, 0.29) is 12.0 Å². The molecule has 0 aliphatic carbocycles. The van der Waals surface area contributed by atoms with Gasteiger partial charge in [-0.1, -0.05) is 13.8 Å². The normalized spacial score (nSPS) is 17.3. The number of amides is 1. The number of carbonyl (C=O) groups is 1. The highest BCUT2D eigenvalue weighted by Gasteiger charge is 2.18. The van der Waals surface area contributed by atoms with E-state index in [9.17, 15) is 4.79 Å². The largest absolute Gasteiger partial charge is 0.376 e. The molecule has 1 aliphatic rings. The zero-order valence-corrected chi connectivity index (χ0v) is 14.5. The zero-order chi connectivity index (χ0) is 16.7. The Morgan fingerprint density at radius 1 is 1.35 bits per heavy atom. The van der Waals surface area contributed by atoms with Crippen molar-refractivity contribution in [1.29, 1.82) is 0 Å². The lowest BCUT2D eigenvalue weighted by Gasteiger charge is -2.22. The van der Waals surface area contributed by atoms with E-state index in [1.165, 1.54) is 0 Å². The summed E-state index contributed by atoms with van der Waals surface area (Å²) in [5.41, 5.74) is 1.25. The Hall–Kier alpha value is -1.69. The molecule has 128 valence electrons. The Kier molecular flexibility index (Phi) is 6.77. The van der Waals surface area contributed by atoms with E-state index in [4.69, 9.17) is 4.74 Å². The van der Waals surface area contributed by atoms with Crippen molar-refractivity contribution in [1.82, 2.24) is 15.3 Å². The Labute approximate surface area is 138 Å². The van der Waals surface area contributed by atoms with Gasteiger partial charge in [0.05, 0.1) is 6.10 Å². The quantitative estimate of drug-likeness (QED) is 0.796. The van der Waals surface area contributed by atoms with Crippen molar-refractivity contribution >= 4 is 11.9 Å². The van der Waals surface area contributed by atoms with E-state index in [1.54, 1.807) is 6.07 Å². The van der Waals surface area contributed by atoms with Crippen LogP contribution >= 0.6 is 0 Å². The number of anilines is 1. The number of nitrogens with one attached hydrogen (secondary N) is 1. The number of rotatable bonds is 8. The number of aromatic nitrogens is 2. The van der Waals surface area contributed by atoms with E-state index in [0.717, 1.165) is 51.1 Å². The van der Waals surface area contributed by atoms with E-state index in [0.29, 0.717) is 18.2 Å². The van der Waals surface area contributed by atoms with Crippen molar-refractivity contribution in [3.8, 4) is 0 Å². The van der Waals surface area contributed by atoms with Crippen LogP contribution in [0.3, 0.4) is 0 Å². The first-order valence-electron chi connectivity index (χ1n) is 8.64. The van der Waals surface area contributed by atoms with Crippen LogP contribution in [0.25, 0.3) is 0 Å². The van der Waals surface area contributed by atoms with Crippen molar-refractivity contribution < 1.29 is 9.53 Å². The first kappa shape index (κ1) is 17.7. The smallest absolute Gasteiger partial charge is 0.270 e. The summed E-state index contributed by atoms with van der Waals surface area (Å²) in [6, 6.07) is 1.74. The van der Waals surface area contributed by atoms with E-state index in [1.807, 2.05) is 6.92 Å². The molecule has 0 radical (unpaired) electrons. The van der Waals surface area contributed by atoms with Gasteiger partial charge in [-0.2, -0.15) is 0 Å². The molecule has 1 unspecified atom stereocenters. The van der Waals surface area contributed by atoms with E-state index in [2.05, 4.69) is 34.0 Å². The van der Waals surface area contributed by atoms with Gasteiger partial charge in [0.25, 0.3) is 5.91 Å². The van der Waals surface area contributed by atoms with Gasteiger partial charge in [0.2, 0.25) is 5.95 Å². The summed E-state index contributed by atoms with van der Waals surface area (Å²) in [6.07, 6.45) is 4.27. The lowest BCUT2D eigenvalue weighted by molar-refractivity contribution is 0.0853. The molecule has 1 fully saturated rings. The zero-order valence-electron chi connectivity index (χ0n) is 14.5. The molecule has 0 aromatic carbocycles. The standard InChI is InChI=1S/C17H28N4O2/c1-4-8-21(9-5-2)17-19-13(3)11-15(20-17)16(22)18-12-14-7-6-10-23-14/h11,14H,4-10,12H2,1-3H3,(H,18,22). The van der Waals surface area contributed by atoms with Crippen molar-refractivity contribution in [3.63, 3.8) is 0 Å². The number of nitrogens with zero attached hydrogens (tertiary/aromatic N) is 3. The second-order valence-corrected chi connectivity index (χ2v) is 6.03. The van der Waals surface area contributed by atoms with Gasteiger partial charge in [0, 0.05) is 31.9 Å². The van der Waals surface area contributed by atoms with Gasteiger partial charge in [-0.05, 0) is 38.7 Å². The van der Waals surface area contributed by atoms with Crippen LogP contribution in [0.4, 0.5) is 5.95 Å². The third-order valence-electron chi connectivity index (χ3n) is 3.86. The van der Waals surface area contributed by atoms with Crippen LogP contribution in [0, 0.1) is 6.92 Å². The fourth-order valence-electron chi connectivity index (χ4n) is 2.76. The maximum absolute atomic E-state index is 12.4. The summed E-state index contributed by atoms with van der Waals surface area (Å²) in [5.74, 6) is 0.496. The molecule has 6 heteroatoms. The average Bonchev–Trinajstić information content (AvgIpc) is 3.05. The molecular weight excluding hydrogens is 292 g/mol. The molecule has 0 spiro atoms. The third-order valence-corrected chi connectivity index (χ3v) is 3.86. The summed E-state index contributed by atoms with van der Waals surface area (Å²) in [7, 11) is 0. The minimum Gasteiger partial charge on any atom is -0.376 e. The molecule has 1 aromatic heterocycles. The predicted molar refractivity (Wildman–Crippen MR) is 90.9 cm³/mol. The van der Waals surface area contributed by atoms with Crippen LogP contribution in [-0.4, -0.2) is 48.2 Å². The van der Waals surface area contributed by atoms with Crippen molar-refractivity contribution in [2.45, 2.75) is 52.6 Å². The van der Waals surface area contributed by atoms with Crippen LogP contribution in [0.15, 0.2) is 6.07 Å². The minimum atomic E-state index is -0.153. The summed E-state index contributed by atoms with van der Waals surface area (Å²) < 4.78 is 5.53. The SMILES string of the molecule is CCCN(CCC)c1nc(C)cc(C(=O)NCC2CCCO2)n1. The number of hydrogen-bond acceptors (Lipinski definition) is 5. The van der Waals surface area contributed by atoms with Crippen LogP contribution in [-0.2, 0) is 4.74 Å². The average molecular weight is 320 g/mol. The highest BCUT2D eigenvalue weighted by Crippen LogP contribution is 2.13. The highest BCUT2D eigenvalue weighted by atomic mass is 16.5. The maximum atomic E-state index is 12.4. The molecule has 1 atom stereocenters. The van der Waals surface area contributed by atoms with Crippen LogP contribution in [0.1, 0.15) is 55.7 Å². The van der Waals surface area contributed by atoms with Gasteiger partial charge in [0.15, 0.2) is 0 Å². The molecule has 1 aliphatic heterocycles. The van der Waals surface area contributed by atoms with Gasteiger partial charge in [0.1, 0.15) is 5.69 Å². The van der Waals surface area contributed by atoms with Crippen LogP contribution in [0.2, 0.25) is 0 Å². The Morgan fingerprint density at radius 3 is 2.70 bits per heavy atom. The molecule has 1 N–H and O–H groups in total. The number of ether oxygens (including phenoxy) is 1. The number of hydrogen-bond donors (Lipinski definition) is 1. The van der Waals surface area contributed by atoms with E-state index >= 15 is 0 Å². The van der Waals surface area contributed by atoms with Crippen LogP contribution < -0.4 is 10.2 Å². The lowest BCUT2D eigenvalue weighted by Crippen LogP contribution is -2.33. The van der Waals surface area contributed by atoms with Gasteiger partial charge < -0.3 is 15.0 Å². The summed E-state index contributed by atoms with van der Waals surface area (Å²) in [6.45, 7) is 9.30. The topological polar surface area (TPSA) is 67.4 Å². The molecule has 6 nitrogen and oxygen atoms in total. The van der Waals surface area contributed by atoms with Crippen molar-refractivity contribution in [2.75, 3.05) is 31.1 Å². The molecule has 0 saturated carbocycles. The predicted octanol–water partition coefficient (Wildman–Crippen LogP) is 2.32. The second kappa shape index (κ2) is 8.82. The lowest BCUT2D eigenvalue weighted by atomic mass is 10.2.